The zero-order valence-electron chi connectivity index (χ0n) is 48.8. The average Bonchev–Trinajstić information content (AvgIpc) is 1.81. The molecular weight excluding hydrogens is 1190 g/mol. The Hall–Kier alpha value is -10.9. The maximum atomic E-state index is 5.43. The lowest BCUT2D eigenvalue weighted by Crippen LogP contribution is -2.00. The van der Waals surface area contributed by atoms with Crippen LogP contribution in [0.1, 0.15) is 23.6 Å². The van der Waals surface area contributed by atoms with Gasteiger partial charge in [0, 0.05) is 71.3 Å². The first-order valence-electron chi connectivity index (χ1n) is 30.3. The molecule has 0 spiro atoms. The topological polar surface area (TPSA) is 32.1 Å². The van der Waals surface area contributed by atoms with Gasteiger partial charge in [-0.1, -0.05) is 240 Å². The van der Waals surface area contributed by atoms with Crippen molar-refractivity contribution in [2.45, 2.75) is 6.92 Å². The van der Waals surface area contributed by atoms with Gasteiger partial charge in [-0.2, -0.15) is 0 Å². The second kappa shape index (κ2) is 21.5. The molecule has 420 valence electrons. The zero-order valence-corrected chi connectivity index (χ0v) is 50.9. The van der Waals surface area contributed by atoms with E-state index in [0.717, 1.165) is 76.6 Å². The number of halogens is 1. The number of rotatable bonds is 11. The molecule has 0 aliphatic rings. The minimum atomic E-state index is -0.763. The third-order valence-electron chi connectivity index (χ3n) is 17.8. The molecule has 13 aromatic carbocycles. The van der Waals surface area contributed by atoms with Gasteiger partial charge < -0.3 is 18.3 Å². The number of hydrogen-bond acceptors (Lipinski definition) is 1. The molecule has 5 nitrogen and oxygen atoms in total. The molecule has 0 unspecified atom stereocenters. The molecule has 0 aliphatic heterocycles. The van der Waals surface area contributed by atoms with E-state index in [9.17, 15) is 0 Å². The molecule has 0 fully saturated rings. The maximum absolute atomic E-state index is 5.43. The van der Waals surface area contributed by atoms with Gasteiger partial charge in [-0.15, -0.1) is 0 Å². The fraction of sp³-hybridized carbons (Fsp3) is 0.0120. The third kappa shape index (κ3) is 8.81. The molecule has 17 rings (SSSR count). The van der Waals surface area contributed by atoms with Crippen LogP contribution in [0.5, 0.6) is 0 Å². The highest BCUT2D eigenvalue weighted by atomic mass is 127. The lowest BCUT2D eigenvalue weighted by molar-refractivity contribution is 1.15. The lowest BCUT2D eigenvalue weighted by Gasteiger charge is -2.17. The second-order valence-electron chi connectivity index (χ2n) is 22.9. The summed E-state index contributed by atoms with van der Waals surface area (Å²) in [6, 6.07) is 113. The Kier molecular flexibility index (Phi) is 12.7. The van der Waals surface area contributed by atoms with Crippen LogP contribution in [0.25, 0.3) is 138 Å². The number of nitrogens with zero attached hydrogens (tertiary/aromatic N) is 5. The number of aromatic nitrogens is 4. The van der Waals surface area contributed by atoms with Crippen LogP contribution in [0.15, 0.2) is 321 Å². The van der Waals surface area contributed by atoms with Gasteiger partial charge in [-0.3, -0.25) is 0 Å². The Labute approximate surface area is 525 Å². The monoisotopic (exact) mass is 1250 g/mol. The summed E-state index contributed by atoms with van der Waals surface area (Å²) < 4.78 is 12.1. The Bertz CT molecular complexity index is 5590. The lowest BCUT2D eigenvalue weighted by atomic mass is 9.95. The van der Waals surface area contributed by atoms with Crippen molar-refractivity contribution in [1.82, 2.24) is 18.3 Å². The standard InChI is InChI=1S/C83H56IN5/c1-54(59-24-21-27-63(50-59)87-74-34-15-9-28-65(74)66-29-10-16-35-75(66)87)84-83(85-55(2)56-22-5-3-6-23-56)58-42-40-57(41-43-58)60-44-48-80(89-78-38-19-13-32-69(78)70-33-14-20-39-79(70)89)72(51-60)61-45-49-81-73(52-61)71-47-46-64(53-82(71)86(81)62-25-7-4-8-26-62)88-76-36-17-11-30-67(76)68-31-12-18-37-77(68)88/h3-53H,2H2,1H3. The zero-order chi connectivity index (χ0) is 59.1. The van der Waals surface area contributed by atoms with E-state index in [1.54, 1.807) is 0 Å². The molecule has 6 heteroatoms. The van der Waals surface area contributed by atoms with Crippen LogP contribution in [-0.4, -0.2) is 25.5 Å². The van der Waals surface area contributed by atoms with E-state index in [1.807, 2.05) is 6.07 Å². The SMILES string of the molecule is C=C(N=C(I=C(C)c1cccc(-n2c3ccccc3c3ccccc32)c1)c1ccc(-c2ccc(-n3c4ccccc4c4ccccc43)c(-c3ccc4c(c3)c3ccc(-n5c6ccccc6c6ccccc65)cc3n4-c3ccccc3)c2)cc1)c1ccccc1. The van der Waals surface area contributed by atoms with Crippen LogP contribution < -0.4 is 0 Å². The van der Waals surface area contributed by atoms with Gasteiger partial charge >= 0.3 is 0 Å². The van der Waals surface area contributed by atoms with Gasteiger partial charge in [-0.25, -0.2) is 4.99 Å². The molecule has 0 amide bonds. The first kappa shape index (κ1) is 52.4. The quantitative estimate of drug-likeness (QED) is 0.0913. The molecule has 0 saturated heterocycles. The first-order valence-corrected chi connectivity index (χ1v) is 32.4. The smallest absolute Gasteiger partial charge is 0.104 e. The van der Waals surface area contributed by atoms with Crippen LogP contribution >= 0.6 is 20.7 Å². The second-order valence-corrected chi connectivity index (χ2v) is 26.1. The Morgan fingerprint density at radius 3 is 1.28 bits per heavy atom. The van der Waals surface area contributed by atoms with Gasteiger partial charge in [0.25, 0.3) is 0 Å². The summed E-state index contributed by atoms with van der Waals surface area (Å²) in [5.41, 5.74) is 22.6. The van der Waals surface area contributed by atoms with Gasteiger partial charge in [-0.05, 0) is 135 Å². The maximum Gasteiger partial charge on any atom is 0.104 e. The first-order chi connectivity index (χ1) is 44.0. The third-order valence-corrected chi connectivity index (χ3v) is 20.6. The molecule has 0 atom stereocenters. The van der Waals surface area contributed by atoms with Gasteiger partial charge in [0.1, 0.15) is 3.72 Å². The number of fused-ring (bicyclic) bond motifs is 12. The van der Waals surface area contributed by atoms with Crippen LogP contribution in [-0.2, 0) is 0 Å². The molecule has 0 aliphatic carbocycles. The Balaban J connectivity index is 0.809. The van der Waals surface area contributed by atoms with E-state index in [4.69, 9.17) is 4.99 Å². The fourth-order valence-corrected chi connectivity index (χ4v) is 16.2. The largest absolute Gasteiger partial charge is 0.309 e. The summed E-state index contributed by atoms with van der Waals surface area (Å²) >= 11 is -0.763. The molecule has 4 heterocycles. The number of benzene rings is 13. The molecule has 0 bridgehead atoms. The number of aliphatic imine (C=N–C) groups is 1. The molecule has 17 aromatic rings. The summed E-state index contributed by atoms with van der Waals surface area (Å²) in [6.07, 6.45) is 0. The van der Waals surface area contributed by atoms with Crippen LogP contribution in [0.4, 0.5) is 0 Å². The van der Waals surface area contributed by atoms with Gasteiger partial charge in [0.05, 0.1) is 55.5 Å². The number of hydrogen-bond donors (Lipinski definition) is 0. The molecule has 89 heavy (non-hydrogen) atoms. The summed E-state index contributed by atoms with van der Waals surface area (Å²) in [5, 5.41) is 9.85. The molecule has 0 radical (unpaired) electrons. The highest BCUT2D eigenvalue weighted by molar-refractivity contribution is 14.2. The normalized spacial score (nSPS) is 12.4. The van der Waals surface area contributed by atoms with E-state index >= 15 is 0 Å². The van der Waals surface area contributed by atoms with E-state index in [2.05, 4.69) is 335 Å². The highest BCUT2D eigenvalue weighted by Gasteiger charge is 2.22. The number of para-hydroxylation sites is 7. The molecule has 0 N–H and O–H groups in total. The van der Waals surface area contributed by atoms with E-state index in [-0.39, 0.29) is 0 Å². The van der Waals surface area contributed by atoms with Crippen molar-refractivity contribution in [3.8, 4) is 45.0 Å². The van der Waals surface area contributed by atoms with Crippen molar-refractivity contribution in [3.05, 3.63) is 333 Å². The summed E-state index contributed by atoms with van der Waals surface area (Å²) in [6.45, 7) is 6.83. The van der Waals surface area contributed by atoms with E-state index in [0.29, 0.717) is 0 Å². The van der Waals surface area contributed by atoms with Crippen molar-refractivity contribution in [2.24, 2.45) is 4.99 Å². The summed E-state index contributed by atoms with van der Waals surface area (Å²) in [4.78, 5) is 5.43. The Morgan fingerprint density at radius 1 is 0.292 bits per heavy atom. The Morgan fingerprint density at radius 2 is 0.719 bits per heavy atom. The van der Waals surface area contributed by atoms with Crippen LogP contribution in [0.2, 0.25) is 0 Å². The highest BCUT2D eigenvalue weighted by Crippen LogP contribution is 2.43. The predicted molar refractivity (Wildman–Crippen MR) is 387 cm³/mol. The van der Waals surface area contributed by atoms with Crippen molar-refractivity contribution < 1.29 is 0 Å². The predicted octanol–water partition coefficient (Wildman–Crippen LogP) is 22.0. The molecule has 0 saturated carbocycles. The average molecular weight is 1250 g/mol. The van der Waals surface area contributed by atoms with E-state index < -0.39 is 20.7 Å². The van der Waals surface area contributed by atoms with Crippen molar-refractivity contribution >= 4 is 121 Å². The molecule has 4 aromatic heterocycles. The van der Waals surface area contributed by atoms with Crippen LogP contribution in [0.3, 0.4) is 0 Å². The van der Waals surface area contributed by atoms with Crippen LogP contribution in [0, 0.1) is 0 Å². The fourth-order valence-electron chi connectivity index (χ4n) is 13.7. The van der Waals surface area contributed by atoms with Gasteiger partial charge in [0.15, 0.2) is 0 Å². The summed E-state index contributed by atoms with van der Waals surface area (Å²) in [7, 11) is 0. The van der Waals surface area contributed by atoms with E-state index in [1.165, 1.54) is 85.3 Å². The summed E-state index contributed by atoms with van der Waals surface area (Å²) in [5.74, 6) is 0. The van der Waals surface area contributed by atoms with Crippen molar-refractivity contribution in [1.29, 1.82) is 0 Å². The van der Waals surface area contributed by atoms with Gasteiger partial charge in [0.2, 0.25) is 0 Å². The molecular formula is C83H56IN5. The van der Waals surface area contributed by atoms with Crippen molar-refractivity contribution in [3.63, 3.8) is 0 Å². The minimum Gasteiger partial charge on any atom is -0.309 e. The van der Waals surface area contributed by atoms with Crippen molar-refractivity contribution in [2.75, 3.05) is 0 Å². The minimum absolute atomic E-state index is 0.758.